The second kappa shape index (κ2) is 10.2. The molecule has 3 amide bonds. The average Bonchev–Trinajstić information content (AvgIpc) is 2.60. The standard InChI is InChI=1S/C18H24N2O5/c1-4-5-13-6-8-14(9-7-13)15(21)10-11-16(22)25-12(2)17(23)20-18(24)19-3/h6-9,12H,4-5,10-11H2,1-3H3,(H2,19,20,23,24)/t12-/m0/s1. The first-order chi connectivity index (χ1) is 11.9. The Morgan fingerprint density at radius 2 is 1.72 bits per heavy atom. The van der Waals surface area contributed by atoms with E-state index in [0.29, 0.717) is 5.56 Å². The number of ketones is 1. The van der Waals surface area contributed by atoms with Gasteiger partial charge < -0.3 is 10.1 Å². The fraction of sp³-hybridized carbons (Fsp3) is 0.444. The highest BCUT2D eigenvalue weighted by Crippen LogP contribution is 2.10. The van der Waals surface area contributed by atoms with Crippen LogP contribution in [0.4, 0.5) is 4.79 Å². The van der Waals surface area contributed by atoms with Crippen molar-refractivity contribution in [3.63, 3.8) is 0 Å². The van der Waals surface area contributed by atoms with Crippen molar-refractivity contribution >= 4 is 23.7 Å². The van der Waals surface area contributed by atoms with Gasteiger partial charge in [0.2, 0.25) is 0 Å². The topological polar surface area (TPSA) is 102 Å². The van der Waals surface area contributed by atoms with Crippen molar-refractivity contribution in [1.82, 2.24) is 10.6 Å². The van der Waals surface area contributed by atoms with Crippen LogP contribution in [0.1, 0.15) is 49.0 Å². The summed E-state index contributed by atoms with van der Waals surface area (Å²) in [6.07, 6.45) is 0.734. The minimum absolute atomic E-state index is 0.00422. The molecule has 1 rings (SSSR count). The second-order valence-corrected chi connectivity index (χ2v) is 5.57. The maximum Gasteiger partial charge on any atom is 0.321 e. The summed E-state index contributed by atoms with van der Waals surface area (Å²) >= 11 is 0. The van der Waals surface area contributed by atoms with Gasteiger partial charge in [-0.15, -0.1) is 0 Å². The molecular formula is C18H24N2O5. The van der Waals surface area contributed by atoms with E-state index in [0.717, 1.165) is 18.4 Å². The molecular weight excluding hydrogens is 324 g/mol. The number of aryl methyl sites for hydroxylation is 1. The number of Topliss-reactive ketones (excluding diaryl/α,β-unsaturated/α-hetero) is 1. The summed E-state index contributed by atoms with van der Waals surface area (Å²) in [5, 5.41) is 4.23. The average molecular weight is 348 g/mol. The highest BCUT2D eigenvalue weighted by atomic mass is 16.5. The zero-order valence-electron chi connectivity index (χ0n) is 14.8. The lowest BCUT2D eigenvalue weighted by Crippen LogP contribution is -2.43. The van der Waals surface area contributed by atoms with Crippen LogP contribution >= 0.6 is 0 Å². The molecule has 0 aliphatic carbocycles. The molecule has 0 saturated carbocycles. The van der Waals surface area contributed by atoms with Gasteiger partial charge >= 0.3 is 12.0 Å². The minimum atomic E-state index is -1.12. The Morgan fingerprint density at radius 3 is 2.28 bits per heavy atom. The summed E-state index contributed by atoms with van der Waals surface area (Å²) in [5.41, 5.74) is 1.70. The van der Waals surface area contributed by atoms with Crippen LogP contribution in [-0.2, 0) is 20.7 Å². The van der Waals surface area contributed by atoms with Crippen LogP contribution in [0.3, 0.4) is 0 Å². The normalized spacial score (nSPS) is 11.3. The Kier molecular flexibility index (Phi) is 8.32. The van der Waals surface area contributed by atoms with Crippen LogP contribution in [0.5, 0.6) is 0 Å². The van der Waals surface area contributed by atoms with Crippen LogP contribution in [0, 0.1) is 0 Å². The van der Waals surface area contributed by atoms with Gasteiger partial charge in [-0.25, -0.2) is 4.79 Å². The molecule has 0 bridgehead atoms. The third kappa shape index (κ3) is 7.15. The van der Waals surface area contributed by atoms with E-state index in [1.165, 1.54) is 14.0 Å². The van der Waals surface area contributed by atoms with Crippen molar-refractivity contribution in [2.75, 3.05) is 7.05 Å². The van der Waals surface area contributed by atoms with Gasteiger partial charge in [0.1, 0.15) is 0 Å². The zero-order chi connectivity index (χ0) is 18.8. The van der Waals surface area contributed by atoms with E-state index in [9.17, 15) is 19.2 Å². The Labute approximate surface area is 147 Å². The molecule has 0 spiro atoms. The molecule has 7 nitrogen and oxygen atoms in total. The lowest BCUT2D eigenvalue weighted by molar-refractivity contribution is -0.154. The van der Waals surface area contributed by atoms with Crippen molar-refractivity contribution in [1.29, 1.82) is 0 Å². The highest BCUT2D eigenvalue weighted by Gasteiger charge is 2.20. The number of carbonyl (C=O) groups is 4. The Morgan fingerprint density at radius 1 is 1.08 bits per heavy atom. The second-order valence-electron chi connectivity index (χ2n) is 5.57. The maximum absolute atomic E-state index is 12.1. The van der Waals surface area contributed by atoms with Gasteiger partial charge in [-0.2, -0.15) is 0 Å². The number of hydrogen-bond acceptors (Lipinski definition) is 5. The van der Waals surface area contributed by atoms with Crippen molar-refractivity contribution in [2.45, 2.75) is 45.6 Å². The zero-order valence-corrected chi connectivity index (χ0v) is 14.8. The number of carbonyl (C=O) groups excluding carboxylic acids is 4. The van der Waals surface area contributed by atoms with E-state index in [1.807, 2.05) is 17.4 Å². The van der Waals surface area contributed by atoms with E-state index in [1.54, 1.807) is 12.1 Å². The number of esters is 1. The molecule has 0 fully saturated rings. The van der Waals surface area contributed by atoms with Gasteiger partial charge in [-0.1, -0.05) is 37.6 Å². The molecule has 1 atom stereocenters. The summed E-state index contributed by atoms with van der Waals surface area (Å²) in [6.45, 7) is 3.44. The summed E-state index contributed by atoms with van der Waals surface area (Å²) in [6, 6.07) is 6.62. The fourth-order valence-corrected chi connectivity index (χ4v) is 2.09. The van der Waals surface area contributed by atoms with Crippen LogP contribution in [0.25, 0.3) is 0 Å². The molecule has 25 heavy (non-hydrogen) atoms. The monoisotopic (exact) mass is 348 g/mol. The third-order valence-electron chi connectivity index (χ3n) is 3.51. The maximum atomic E-state index is 12.1. The van der Waals surface area contributed by atoms with E-state index >= 15 is 0 Å². The molecule has 136 valence electrons. The number of rotatable bonds is 8. The predicted octanol–water partition coefficient (Wildman–Crippen LogP) is 1.99. The van der Waals surface area contributed by atoms with E-state index < -0.39 is 24.0 Å². The summed E-state index contributed by atoms with van der Waals surface area (Å²) in [5.74, 6) is -1.57. The summed E-state index contributed by atoms with van der Waals surface area (Å²) in [4.78, 5) is 46.4. The van der Waals surface area contributed by atoms with Gasteiger partial charge in [0.05, 0.1) is 6.42 Å². The molecule has 0 aliphatic heterocycles. The number of imide groups is 1. The largest absolute Gasteiger partial charge is 0.453 e. The third-order valence-corrected chi connectivity index (χ3v) is 3.51. The molecule has 7 heteroatoms. The molecule has 1 aromatic carbocycles. The fourth-order valence-electron chi connectivity index (χ4n) is 2.09. The molecule has 1 aromatic rings. The summed E-state index contributed by atoms with van der Waals surface area (Å²) < 4.78 is 4.91. The Balaban J connectivity index is 2.43. The van der Waals surface area contributed by atoms with Crippen LogP contribution in [0.15, 0.2) is 24.3 Å². The van der Waals surface area contributed by atoms with Crippen LogP contribution in [-0.4, -0.2) is 36.8 Å². The van der Waals surface area contributed by atoms with E-state index in [2.05, 4.69) is 12.2 Å². The van der Waals surface area contributed by atoms with Crippen molar-refractivity contribution in [3.8, 4) is 0 Å². The van der Waals surface area contributed by atoms with Crippen molar-refractivity contribution < 1.29 is 23.9 Å². The number of urea groups is 1. The number of nitrogens with one attached hydrogen (secondary N) is 2. The minimum Gasteiger partial charge on any atom is -0.453 e. The molecule has 0 aliphatic rings. The molecule has 0 saturated heterocycles. The first-order valence-corrected chi connectivity index (χ1v) is 8.21. The molecule has 0 heterocycles. The Hall–Kier alpha value is -2.70. The molecule has 0 radical (unpaired) electrons. The first kappa shape index (κ1) is 20.3. The number of hydrogen-bond donors (Lipinski definition) is 2. The predicted molar refractivity (Wildman–Crippen MR) is 92.2 cm³/mol. The molecule has 0 aromatic heterocycles. The van der Waals surface area contributed by atoms with E-state index in [4.69, 9.17) is 4.74 Å². The van der Waals surface area contributed by atoms with Crippen LogP contribution < -0.4 is 10.6 Å². The van der Waals surface area contributed by atoms with Gasteiger partial charge in [0, 0.05) is 19.0 Å². The smallest absolute Gasteiger partial charge is 0.321 e. The van der Waals surface area contributed by atoms with Gasteiger partial charge in [-0.05, 0) is 18.9 Å². The van der Waals surface area contributed by atoms with Gasteiger partial charge in [-0.3, -0.25) is 19.7 Å². The van der Waals surface area contributed by atoms with Crippen LogP contribution in [0.2, 0.25) is 0 Å². The van der Waals surface area contributed by atoms with Gasteiger partial charge in [0.15, 0.2) is 11.9 Å². The summed E-state index contributed by atoms with van der Waals surface area (Å²) in [7, 11) is 1.36. The number of benzene rings is 1. The Bertz CT molecular complexity index is 625. The van der Waals surface area contributed by atoms with Gasteiger partial charge in [0.25, 0.3) is 5.91 Å². The highest BCUT2D eigenvalue weighted by molar-refractivity contribution is 5.98. The molecule has 2 N–H and O–H groups in total. The first-order valence-electron chi connectivity index (χ1n) is 8.21. The SMILES string of the molecule is CCCc1ccc(C(=O)CCC(=O)O[C@@H](C)C(=O)NC(=O)NC)cc1. The van der Waals surface area contributed by atoms with Crippen molar-refractivity contribution in [3.05, 3.63) is 35.4 Å². The quantitative estimate of drug-likeness (QED) is 0.552. The van der Waals surface area contributed by atoms with E-state index in [-0.39, 0.29) is 18.6 Å². The number of ether oxygens (including phenoxy) is 1. The lowest BCUT2D eigenvalue weighted by Gasteiger charge is -2.12. The lowest BCUT2D eigenvalue weighted by atomic mass is 10.0. The number of amides is 3. The molecule has 0 unspecified atom stereocenters. The van der Waals surface area contributed by atoms with Crippen molar-refractivity contribution in [2.24, 2.45) is 0 Å².